The van der Waals surface area contributed by atoms with Gasteiger partial charge < -0.3 is 5.11 Å². The first-order chi connectivity index (χ1) is 12.4. The summed E-state index contributed by atoms with van der Waals surface area (Å²) in [6, 6.07) is 6.66. The monoisotopic (exact) mass is 360 g/mol. The van der Waals surface area contributed by atoms with Crippen LogP contribution < -0.4 is 0 Å². The standard InChI is InChI=1S/C22H26F2O2/c1-13(25)17-2-4-18(5-3-17)20(26)9-19(21(23)24)22-10-14-6-15(11-22)8-16(7-14)12-22/h2-5,14-16,20,26H,6-12H2,1H3. The zero-order chi connectivity index (χ0) is 18.5. The fourth-order valence-corrected chi connectivity index (χ4v) is 6.23. The second kappa shape index (κ2) is 6.56. The van der Waals surface area contributed by atoms with E-state index in [2.05, 4.69) is 0 Å². The number of hydrogen-bond donors (Lipinski definition) is 1. The number of aliphatic hydroxyl groups excluding tert-OH is 1. The maximum Gasteiger partial charge on any atom is 0.270 e. The molecule has 1 atom stereocenters. The van der Waals surface area contributed by atoms with Crippen LogP contribution in [0.3, 0.4) is 0 Å². The van der Waals surface area contributed by atoms with Crippen molar-refractivity contribution in [1.82, 2.24) is 0 Å². The van der Waals surface area contributed by atoms with Gasteiger partial charge in [-0.25, -0.2) is 0 Å². The van der Waals surface area contributed by atoms with E-state index in [9.17, 15) is 18.7 Å². The van der Waals surface area contributed by atoms with Gasteiger partial charge in [-0.05, 0) is 74.2 Å². The Morgan fingerprint density at radius 1 is 1.08 bits per heavy atom. The average Bonchev–Trinajstić information content (AvgIpc) is 2.58. The van der Waals surface area contributed by atoms with Crippen molar-refractivity contribution in [3.05, 3.63) is 47.0 Å². The van der Waals surface area contributed by atoms with Crippen LogP contribution in [-0.4, -0.2) is 10.9 Å². The van der Waals surface area contributed by atoms with E-state index in [4.69, 9.17) is 0 Å². The highest BCUT2D eigenvalue weighted by molar-refractivity contribution is 5.94. The molecule has 5 rings (SSSR count). The summed E-state index contributed by atoms with van der Waals surface area (Å²) in [5.74, 6) is 1.71. The molecule has 1 N–H and O–H groups in total. The molecule has 0 saturated heterocycles. The van der Waals surface area contributed by atoms with E-state index in [-0.39, 0.29) is 17.8 Å². The molecule has 4 aliphatic rings. The quantitative estimate of drug-likeness (QED) is 0.686. The highest BCUT2D eigenvalue weighted by Crippen LogP contribution is 2.64. The summed E-state index contributed by atoms with van der Waals surface area (Å²) in [6.07, 6.45) is 3.64. The minimum absolute atomic E-state index is 0.00604. The molecule has 1 unspecified atom stereocenters. The summed E-state index contributed by atoms with van der Waals surface area (Å²) in [5.41, 5.74) is 0.959. The van der Waals surface area contributed by atoms with E-state index in [0.717, 1.165) is 19.3 Å². The second-order valence-corrected chi connectivity index (χ2v) is 8.83. The largest absolute Gasteiger partial charge is 0.388 e. The number of ketones is 1. The van der Waals surface area contributed by atoms with E-state index < -0.39 is 17.6 Å². The maximum atomic E-state index is 14.0. The zero-order valence-corrected chi connectivity index (χ0v) is 15.2. The number of hydrogen-bond acceptors (Lipinski definition) is 2. The molecule has 0 amide bonds. The first-order valence-electron chi connectivity index (χ1n) is 9.70. The lowest BCUT2D eigenvalue weighted by molar-refractivity contribution is -0.0376. The Kier molecular flexibility index (Phi) is 4.50. The third-order valence-corrected chi connectivity index (χ3v) is 7.01. The fourth-order valence-electron chi connectivity index (χ4n) is 6.23. The summed E-state index contributed by atoms with van der Waals surface area (Å²) in [6.45, 7) is 1.48. The summed E-state index contributed by atoms with van der Waals surface area (Å²) in [7, 11) is 0. The predicted molar refractivity (Wildman–Crippen MR) is 95.9 cm³/mol. The van der Waals surface area contributed by atoms with Crippen LogP contribution in [-0.2, 0) is 0 Å². The molecule has 0 spiro atoms. The third-order valence-electron chi connectivity index (χ3n) is 7.01. The first-order valence-corrected chi connectivity index (χ1v) is 9.70. The van der Waals surface area contributed by atoms with Gasteiger partial charge in [0.1, 0.15) is 0 Å². The molecule has 4 aliphatic carbocycles. The minimum Gasteiger partial charge on any atom is -0.388 e. The van der Waals surface area contributed by atoms with Gasteiger partial charge in [-0.15, -0.1) is 0 Å². The van der Waals surface area contributed by atoms with Crippen molar-refractivity contribution in [3.8, 4) is 0 Å². The normalized spacial score (nSPS) is 33.2. The molecule has 0 radical (unpaired) electrons. The molecule has 4 fully saturated rings. The highest BCUT2D eigenvalue weighted by Gasteiger charge is 2.53. The Morgan fingerprint density at radius 2 is 1.58 bits per heavy atom. The van der Waals surface area contributed by atoms with Gasteiger partial charge in [0, 0.05) is 17.6 Å². The molecule has 140 valence electrons. The van der Waals surface area contributed by atoms with Gasteiger partial charge in [0.15, 0.2) is 5.78 Å². The molecule has 4 saturated carbocycles. The van der Waals surface area contributed by atoms with Crippen LogP contribution in [0.25, 0.3) is 0 Å². The van der Waals surface area contributed by atoms with Gasteiger partial charge in [0.05, 0.1) is 6.10 Å². The molecule has 0 aromatic heterocycles. The summed E-state index contributed by atoms with van der Waals surface area (Å²) in [4.78, 5) is 11.4. The van der Waals surface area contributed by atoms with Gasteiger partial charge >= 0.3 is 0 Å². The van der Waals surface area contributed by atoms with Crippen molar-refractivity contribution in [2.24, 2.45) is 23.2 Å². The van der Waals surface area contributed by atoms with Gasteiger partial charge in [0.25, 0.3) is 6.08 Å². The highest BCUT2D eigenvalue weighted by atomic mass is 19.3. The number of aliphatic hydroxyl groups is 1. The fraction of sp³-hybridized carbons (Fsp3) is 0.591. The van der Waals surface area contributed by atoms with E-state index >= 15 is 0 Å². The van der Waals surface area contributed by atoms with Gasteiger partial charge in [-0.2, -0.15) is 8.78 Å². The number of carbonyl (C=O) groups excluding carboxylic acids is 1. The lowest BCUT2D eigenvalue weighted by atomic mass is 9.47. The Balaban J connectivity index is 1.56. The Hall–Kier alpha value is -1.55. The molecule has 2 nitrogen and oxygen atoms in total. The Morgan fingerprint density at radius 3 is 2.00 bits per heavy atom. The Bertz CT molecular complexity index is 696. The molecule has 1 aromatic rings. The van der Waals surface area contributed by atoms with Crippen LogP contribution in [0.5, 0.6) is 0 Å². The predicted octanol–water partition coefficient (Wildman–Crippen LogP) is 5.68. The number of benzene rings is 1. The summed E-state index contributed by atoms with van der Waals surface area (Å²) < 4.78 is 28.0. The van der Waals surface area contributed by atoms with E-state index in [1.165, 1.54) is 26.2 Å². The average molecular weight is 360 g/mol. The lowest BCUT2D eigenvalue weighted by Gasteiger charge is -2.57. The first kappa shape index (κ1) is 17.8. The van der Waals surface area contributed by atoms with Crippen molar-refractivity contribution in [2.75, 3.05) is 0 Å². The molecule has 26 heavy (non-hydrogen) atoms. The number of rotatable bonds is 5. The van der Waals surface area contributed by atoms with Crippen molar-refractivity contribution in [1.29, 1.82) is 0 Å². The molecule has 1 aromatic carbocycles. The topological polar surface area (TPSA) is 37.3 Å². The van der Waals surface area contributed by atoms with Crippen LogP contribution in [0.15, 0.2) is 35.9 Å². The lowest BCUT2D eigenvalue weighted by Crippen LogP contribution is -2.47. The molecule has 0 aliphatic heterocycles. The van der Waals surface area contributed by atoms with Gasteiger partial charge in [-0.1, -0.05) is 24.3 Å². The van der Waals surface area contributed by atoms with Crippen LogP contribution >= 0.6 is 0 Å². The molecule has 0 heterocycles. The smallest absolute Gasteiger partial charge is 0.270 e. The summed E-state index contributed by atoms with van der Waals surface area (Å²) in [5, 5.41) is 10.6. The Labute approximate surface area is 153 Å². The van der Waals surface area contributed by atoms with Crippen LogP contribution in [0, 0.1) is 23.2 Å². The number of Topliss-reactive ketones (excluding diaryl/α,β-unsaturated/α-hetero) is 1. The SMILES string of the molecule is CC(=O)c1ccc(C(O)CC(=C(F)F)C23CC4CC(CC(C4)C2)C3)cc1. The van der Waals surface area contributed by atoms with E-state index in [1.54, 1.807) is 24.3 Å². The summed E-state index contributed by atoms with van der Waals surface area (Å²) >= 11 is 0. The van der Waals surface area contributed by atoms with Gasteiger partial charge in [0.2, 0.25) is 0 Å². The van der Waals surface area contributed by atoms with Crippen LogP contribution in [0.1, 0.15) is 73.9 Å². The maximum absolute atomic E-state index is 14.0. The molecular weight excluding hydrogens is 334 g/mol. The van der Waals surface area contributed by atoms with Crippen molar-refractivity contribution in [3.63, 3.8) is 0 Å². The second-order valence-electron chi connectivity index (χ2n) is 8.83. The number of halogens is 2. The number of carbonyl (C=O) groups is 1. The zero-order valence-electron chi connectivity index (χ0n) is 15.2. The van der Waals surface area contributed by atoms with Crippen molar-refractivity contribution < 1.29 is 18.7 Å². The molecule has 4 heteroatoms. The third kappa shape index (κ3) is 3.13. The van der Waals surface area contributed by atoms with Gasteiger partial charge in [-0.3, -0.25) is 4.79 Å². The van der Waals surface area contributed by atoms with Crippen LogP contribution in [0.4, 0.5) is 8.78 Å². The van der Waals surface area contributed by atoms with E-state index in [0.29, 0.717) is 28.9 Å². The molecule has 4 bridgehead atoms. The van der Waals surface area contributed by atoms with Crippen molar-refractivity contribution in [2.45, 2.75) is 58.0 Å². The van der Waals surface area contributed by atoms with Crippen LogP contribution in [0.2, 0.25) is 0 Å². The van der Waals surface area contributed by atoms with Crippen molar-refractivity contribution >= 4 is 5.78 Å². The molecular formula is C22H26F2O2. The van der Waals surface area contributed by atoms with E-state index in [1.807, 2.05) is 0 Å². The minimum atomic E-state index is -1.59.